The first-order valence-corrected chi connectivity index (χ1v) is 22.2. The third-order valence-electron chi connectivity index (χ3n) is 11.8. The lowest BCUT2D eigenvalue weighted by molar-refractivity contribution is -0.124. The fourth-order valence-electron chi connectivity index (χ4n) is 8.30. The molecule has 65 heavy (non-hydrogen) atoms. The Morgan fingerprint density at radius 3 is 1.46 bits per heavy atom. The zero-order valence-electron chi connectivity index (χ0n) is 37.9. The molecule has 0 radical (unpaired) electrons. The zero-order valence-corrected chi connectivity index (χ0v) is 37.9. The van der Waals surface area contributed by atoms with E-state index in [0.29, 0.717) is 57.1 Å². The number of nitrogens with zero attached hydrogens (tertiary/aromatic N) is 2. The maximum Gasteiger partial charge on any atom is 0.254 e. The van der Waals surface area contributed by atoms with Gasteiger partial charge in [0.1, 0.15) is 36.2 Å². The maximum absolute atomic E-state index is 13.0. The van der Waals surface area contributed by atoms with Crippen molar-refractivity contribution in [3.63, 3.8) is 0 Å². The monoisotopic (exact) mass is 884 g/mol. The van der Waals surface area contributed by atoms with Crippen LogP contribution in [0, 0.1) is 0 Å². The summed E-state index contributed by atoms with van der Waals surface area (Å²) in [4.78, 5) is 52.9. The maximum atomic E-state index is 13.0. The summed E-state index contributed by atoms with van der Waals surface area (Å²) in [5, 5.41) is 8.77. The van der Waals surface area contributed by atoms with Gasteiger partial charge in [-0.05, 0) is 89.9 Å². The van der Waals surface area contributed by atoms with Gasteiger partial charge in [0.2, 0.25) is 0 Å². The fourth-order valence-corrected chi connectivity index (χ4v) is 8.30. The molecule has 0 saturated carbocycles. The second kappa shape index (κ2) is 24.0. The summed E-state index contributed by atoms with van der Waals surface area (Å²) in [5.41, 5.74) is 8.45. The largest absolute Gasteiger partial charge is 0.497 e. The first-order chi connectivity index (χ1) is 31.7. The Morgan fingerprint density at radius 2 is 1.00 bits per heavy atom. The number of amides is 2. The summed E-state index contributed by atoms with van der Waals surface area (Å²) < 4.78 is 27.3. The summed E-state index contributed by atoms with van der Waals surface area (Å²) in [6, 6.07) is 32.9. The molecule has 342 valence electrons. The average molecular weight is 885 g/mol. The molecule has 0 unspecified atom stereocenters. The molecule has 5 aromatic carbocycles. The Labute approximate surface area is 382 Å². The molecule has 2 heterocycles. The Kier molecular flexibility index (Phi) is 17.7. The number of aliphatic hydroxyl groups is 1. The highest BCUT2D eigenvalue weighted by atomic mass is 16.5. The second-order valence-corrected chi connectivity index (χ2v) is 16.1. The van der Waals surface area contributed by atoms with E-state index < -0.39 is 6.61 Å². The number of fused-ring (bicyclic) bond motifs is 2. The van der Waals surface area contributed by atoms with Gasteiger partial charge in [0.25, 0.3) is 11.8 Å². The second-order valence-electron chi connectivity index (χ2n) is 16.1. The van der Waals surface area contributed by atoms with Gasteiger partial charge in [-0.1, -0.05) is 67.4 Å². The summed E-state index contributed by atoms with van der Waals surface area (Å²) >= 11 is 0. The normalized spacial score (nSPS) is 12.6. The number of unbranched alkanes of at least 4 members (excludes halogenated alkanes) is 4. The molecule has 0 aromatic heterocycles. The van der Waals surface area contributed by atoms with Crippen molar-refractivity contribution in [2.24, 2.45) is 0 Å². The third kappa shape index (κ3) is 12.4. The van der Waals surface area contributed by atoms with Crippen molar-refractivity contribution in [3.8, 4) is 45.3 Å². The molecule has 0 atom stereocenters. The Morgan fingerprint density at radius 1 is 0.523 bits per heavy atom. The first-order valence-electron chi connectivity index (χ1n) is 22.2. The minimum absolute atomic E-state index is 0.0424. The van der Waals surface area contributed by atoms with Crippen LogP contribution in [-0.2, 0) is 34.0 Å². The van der Waals surface area contributed by atoms with Crippen molar-refractivity contribution in [1.29, 1.82) is 0 Å². The highest BCUT2D eigenvalue weighted by Crippen LogP contribution is 2.40. The molecular formula is C53H60N2O10. The average Bonchev–Trinajstić information content (AvgIpc) is 3.85. The summed E-state index contributed by atoms with van der Waals surface area (Å²) in [6.45, 7) is 2.67. The van der Waals surface area contributed by atoms with Crippen molar-refractivity contribution in [2.45, 2.75) is 71.1 Å². The number of Topliss-reactive ketones (excluding diaryl/α,β-unsaturated/α-hetero) is 2. The lowest BCUT2D eigenvalue weighted by Gasteiger charge is -2.16. The lowest BCUT2D eigenvalue weighted by atomic mass is 9.96. The number of ether oxygens (including phenoxy) is 5. The molecule has 7 rings (SSSR count). The summed E-state index contributed by atoms with van der Waals surface area (Å²) in [5.74, 6) is 2.95. The molecule has 0 fully saturated rings. The minimum Gasteiger partial charge on any atom is -0.497 e. The van der Waals surface area contributed by atoms with E-state index in [-0.39, 0.29) is 30.0 Å². The van der Waals surface area contributed by atoms with Gasteiger partial charge in [0.05, 0.1) is 35.0 Å². The predicted molar refractivity (Wildman–Crippen MR) is 250 cm³/mol. The van der Waals surface area contributed by atoms with Crippen LogP contribution in [0.25, 0.3) is 22.3 Å². The quantitative estimate of drug-likeness (QED) is 0.0632. The van der Waals surface area contributed by atoms with Gasteiger partial charge in [-0.3, -0.25) is 19.2 Å². The van der Waals surface area contributed by atoms with E-state index >= 15 is 0 Å². The Bertz CT molecular complexity index is 2420. The van der Waals surface area contributed by atoms with Crippen molar-refractivity contribution in [3.05, 3.63) is 131 Å². The number of hydrogen-bond acceptors (Lipinski definition) is 10. The van der Waals surface area contributed by atoms with Gasteiger partial charge >= 0.3 is 0 Å². The highest BCUT2D eigenvalue weighted by Gasteiger charge is 2.31. The number of ketones is 2. The molecular weight excluding hydrogens is 825 g/mol. The number of carbonyl (C=O) groups is 4. The van der Waals surface area contributed by atoms with Crippen LogP contribution in [0.1, 0.15) is 88.8 Å². The standard InChI is InChI=1S/C30H33NO5.C23H27NO5/c1-34-24-15-16-26(29(18-24)35-2)25-13-9-14-27-28(25)19-31(30(27)33)17-8-4-7-12-23(32)21-36-20-22-10-5-3-6-11-22;1-28-17-10-11-19(22(13-17)29-2)18-8-6-9-20-21(18)14-24(23(20)27)12-5-3-4-7-16(26)15-25/h3,5-6,9-11,13-16,18H,4,7-8,12,17,19-21H2,1-2H3;6,8-11,13,25H,3-5,7,12,14-15H2,1-2H3. The van der Waals surface area contributed by atoms with Crippen LogP contribution in [-0.4, -0.2) is 93.0 Å². The van der Waals surface area contributed by atoms with Crippen LogP contribution < -0.4 is 18.9 Å². The molecule has 0 aliphatic carbocycles. The predicted octanol–water partition coefficient (Wildman–Crippen LogP) is 9.12. The lowest BCUT2D eigenvalue weighted by Crippen LogP contribution is -2.25. The zero-order chi connectivity index (χ0) is 46.1. The van der Waals surface area contributed by atoms with E-state index in [4.69, 9.17) is 28.8 Å². The molecule has 12 heteroatoms. The van der Waals surface area contributed by atoms with Gasteiger partial charge in [-0.15, -0.1) is 0 Å². The number of carbonyl (C=O) groups excluding carboxylic acids is 4. The van der Waals surface area contributed by atoms with Crippen LogP contribution in [0.3, 0.4) is 0 Å². The summed E-state index contributed by atoms with van der Waals surface area (Å²) in [7, 11) is 6.51. The smallest absolute Gasteiger partial charge is 0.254 e. The van der Waals surface area contributed by atoms with Gasteiger partial charge in [0.15, 0.2) is 11.6 Å². The highest BCUT2D eigenvalue weighted by molar-refractivity contribution is 6.01. The number of methoxy groups -OCH3 is 4. The van der Waals surface area contributed by atoms with Crippen molar-refractivity contribution >= 4 is 23.4 Å². The van der Waals surface area contributed by atoms with Gasteiger partial charge in [-0.25, -0.2) is 0 Å². The van der Waals surface area contributed by atoms with Crippen LogP contribution in [0.4, 0.5) is 0 Å². The van der Waals surface area contributed by atoms with Crippen molar-refractivity contribution < 1.29 is 48.0 Å². The molecule has 5 aromatic rings. The van der Waals surface area contributed by atoms with Gasteiger partial charge in [0, 0.05) is 73.4 Å². The van der Waals surface area contributed by atoms with E-state index in [0.717, 1.165) is 100 Å². The molecule has 2 amide bonds. The van der Waals surface area contributed by atoms with Crippen LogP contribution >= 0.6 is 0 Å². The number of rotatable bonds is 23. The van der Waals surface area contributed by atoms with Crippen molar-refractivity contribution in [2.75, 3.05) is 54.7 Å². The topological polar surface area (TPSA) is 141 Å². The van der Waals surface area contributed by atoms with Crippen LogP contribution in [0.2, 0.25) is 0 Å². The number of benzene rings is 5. The molecule has 0 saturated heterocycles. The van der Waals surface area contributed by atoms with E-state index in [1.807, 2.05) is 113 Å². The Balaban J connectivity index is 0.000000221. The molecule has 2 aliphatic heterocycles. The Hall–Kier alpha value is -6.50. The molecule has 0 spiro atoms. The van der Waals surface area contributed by atoms with Gasteiger partial charge < -0.3 is 38.6 Å². The molecule has 2 aliphatic rings. The summed E-state index contributed by atoms with van der Waals surface area (Å²) in [6.07, 6.45) is 5.88. The molecule has 0 bridgehead atoms. The third-order valence-corrected chi connectivity index (χ3v) is 11.8. The van der Waals surface area contributed by atoms with Gasteiger partial charge in [-0.2, -0.15) is 0 Å². The van der Waals surface area contributed by atoms with Crippen LogP contribution in [0.15, 0.2) is 103 Å². The van der Waals surface area contributed by atoms with Crippen molar-refractivity contribution in [1.82, 2.24) is 9.80 Å². The SMILES string of the molecule is COc1ccc(-c2cccc3c2CN(CCCCCC(=O)CO)C3=O)c(OC)c1.COc1ccc(-c2cccc3c2CN(CCCCCC(=O)COCc2ccccc2)C3=O)c(OC)c1. The number of hydrogen-bond donors (Lipinski definition) is 1. The fraction of sp³-hybridized carbons (Fsp3) is 0.358. The molecule has 12 nitrogen and oxygen atoms in total. The molecule has 1 N–H and O–H groups in total. The first kappa shape index (κ1) is 48.0. The minimum atomic E-state index is -0.391. The van der Waals surface area contributed by atoms with E-state index in [9.17, 15) is 19.2 Å². The van der Waals surface area contributed by atoms with E-state index in [1.54, 1.807) is 28.4 Å². The van der Waals surface area contributed by atoms with E-state index in [1.165, 1.54) is 0 Å². The van der Waals surface area contributed by atoms with E-state index in [2.05, 4.69) is 0 Å². The van der Waals surface area contributed by atoms with Crippen LogP contribution in [0.5, 0.6) is 23.0 Å². The number of aliphatic hydroxyl groups excluding tert-OH is 1.